The molecule has 20 heavy (non-hydrogen) atoms. The molecule has 5 nitrogen and oxygen atoms in total. The van der Waals surface area contributed by atoms with Gasteiger partial charge in [-0.2, -0.15) is 4.98 Å². The van der Waals surface area contributed by atoms with E-state index in [0.717, 1.165) is 43.9 Å². The van der Waals surface area contributed by atoms with Crippen molar-refractivity contribution >= 4 is 11.8 Å². The average Bonchev–Trinajstić information content (AvgIpc) is 2.85. The van der Waals surface area contributed by atoms with Gasteiger partial charge in [0.15, 0.2) is 0 Å². The van der Waals surface area contributed by atoms with Crippen LogP contribution in [0.2, 0.25) is 0 Å². The molecule has 2 fully saturated rings. The third-order valence-corrected chi connectivity index (χ3v) is 4.08. The largest absolute Gasteiger partial charge is 0.372 e. The van der Waals surface area contributed by atoms with Gasteiger partial charge >= 0.3 is 0 Å². The van der Waals surface area contributed by atoms with Crippen molar-refractivity contribution in [1.82, 2.24) is 9.97 Å². The van der Waals surface area contributed by atoms with Gasteiger partial charge in [-0.25, -0.2) is 4.98 Å². The van der Waals surface area contributed by atoms with E-state index in [-0.39, 0.29) is 12.2 Å². The van der Waals surface area contributed by atoms with Crippen LogP contribution in [0.5, 0.6) is 0 Å². The van der Waals surface area contributed by atoms with Crippen molar-refractivity contribution in [2.24, 2.45) is 5.92 Å². The number of morpholine rings is 1. The number of hydrogen-bond donors (Lipinski definition) is 0. The SMILES string of the molecule is CC1CCN(c2nccc(N3C[C@@H](C)O[C@@H](C)C3)n2)C1. The standard InChI is InChI=1S/C15H24N4O/c1-11-5-7-18(8-11)15-16-6-4-14(17-15)19-9-12(2)20-13(3)10-19/h4,6,11-13H,5,7-10H2,1-3H3/t11?,12-,13+. The lowest BCUT2D eigenvalue weighted by molar-refractivity contribution is -0.00546. The topological polar surface area (TPSA) is 41.5 Å². The summed E-state index contributed by atoms with van der Waals surface area (Å²) in [4.78, 5) is 13.8. The number of rotatable bonds is 2. The fourth-order valence-corrected chi connectivity index (χ4v) is 3.15. The van der Waals surface area contributed by atoms with Crippen molar-refractivity contribution in [3.8, 4) is 0 Å². The van der Waals surface area contributed by atoms with E-state index in [1.807, 2.05) is 12.3 Å². The highest BCUT2D eigenvalue weighted by molar-refractivity contribution is 5.44. The van der Waals surface area contributed by atoms with Crippen molar-refractivity contribution in [1.29, 1.82) is 0 Å². The fourth-order valence-electron chi connectivity index (χ4n) is 3.15. The molecule has 110 valence electrons. The third-order valence-electron chi connectivity index (χ3n) is 4.08. The maximum atomic E-state index is 5.79. The van der Waals surface area contributed by atoms with Crippen LogP contribution in [0, 0.1) is 5.92 Å². The molecule has 0 spiro atoms. The van der Waals surface area contributed by atoms with Crippen LogP contribution in [0.3, 0.4) is 0 Å². The molecular formula is C15H24N4O. The molecule has 0 N–H and O–H groups in total. The monoisotopic (exact) mass is 276 g/mol. The normalized spacial score (nSPS) is 30.9. The Morgan fingerprint density at radius 2 is 1.85 bits per heavy atom. The molecule has 0 bridgehead atoms. The van der Waals surface area contributed by atoms with Crippen molar-refractivity contribution < 1.29 is 4.74 Å². The van der Waals surface area contributed by atoms with Crippen molar-refractivity contribution in [3.05, 3.63) is 12.3 Å². The molecule has 2 aliphatic heterocycles. The number of aromatic nitrogens is 2. The molecule has 0 radical (unpaired) electrons. The smallest absolute Gasteiger partial charge is 0.227 e. The van der Waals surface area contributed by atoms with Crippen LogP contribution in [0.4, 0.5) is 11.8 Å². The Labute approximate surface area is 121 Å². The first kappa shape index (κ1) is 13.6. The zero-order valence-corrected chi connectivity index (χ0v) is 12.6. The molecule has 3 atom stereocenters. The summed E-state index contributed by atoms with van der Waals surface area (Å²) in [6.45, 7) is 10.5. The van der Waals surface area contributed by atoms with E-state index in [1.165, 1.54) is 6.42 Å². The lowest BCUT2D eigenvalue weighted by Crippen LogP contribution is -2.46. The molecular weight excluding hydrogens is 252 g/mol. The van der Waals surface area contributed by atoms with Crippen molar-refractivity contribution in [3.63, 3.8) is 0 Å². The van der Waals surface area contributed by atoms with Gasteiger partial charge in [-0.15, -0.1) is 0 Å². The van der Waals surface area contributed by atoms with Crippen LogP contribution in [0.15, 0.2) is 12.3 Å². The molecule has 0 aliphatic carbocycles. The molecule has 5 heteroatoms. The lowest BCUT2D eigenvalue weighted by atomic mass is 10.2. The van der Waals surface area contributed by atoms with Gasteiger partial charge in [-0.1, -0.05) is 6.92 Å². The molecule has 3 rings (SSSR count). The van der Waals surface area contributed by atoms with E-state index >= 15 is 0 Å². The number of hydrogen-bond acceptors (Lipinski definition) is 5. The van der Waals surface area contributed by atoms with Gasteiger partial charge in [0.05, 0.1) is 12.2 Å². The lowest BCUT2D eigenvalue weighted by Gasteiger charge is -2.36. The first-order valence-electron chi connectivity index (χ1n) is 7.60. The van der Waals surface area contributed by atoms with Crippen LogP contribution in [-0.2, 0) is 4.74 Å². The summed E-state index contributed by atoms with van der Waals surface area (Å²) in [5, 5.41) is 0. The van der Waals surface area contributed by atoms with Crippen molar-refractivity contribution in [2.45, 2.75) is 39.4 Å². The Hall–Kier alpha value is -1.36. The quantitative estimate of drug-likeness (QED) is 0.825. The highest BCUT2D eigenvalue weighted by Gasteiger charge is 2.25. The average molecular weight is 276 g/mol. The van der Waals surface area contributed by atoms with Crippen LogP contribution in [0.1, 0.15) is 27.2 Å². The highest BCUT2D eigenvalue weighted by Crippen LogP contribution is 2.23. The zero-order chi connectivity index (χ0) is 14.1. The summed E-state index contributed by atoms with van der Waals surface area (Å²) in [7, 11) is 0. The number of nitrogens with zero attached hydrogens (tertiary/aromatic N) is 4. The van der Waals surface area contributed by atoms with Crippen LogP contribution in [0.25, 0.3) is 0 Å². The predicted molar refractivity (Wildman–Crippen MR) is 80.2 cm³/mol. The molecule has 0 amide bonds. The minimum atomic E-state index is 0.254. The van der Waals surface area contributed by atoms with Gasteiger partial charge in [0.25, 0.3) is 0 Å². The molecule has 2 aliphatic rings. The molecule has 1 aromatic rings. The predicted octanol–water partition coefficient (Wildman–Crippen LogP) is 1.94. The summed E-state index contributed by atoms with van der Waals surface area (Å²) in [6, 6.07) is 2.01. The number of ether oxygens (including phenoxy) is 1. The third kappa shape index (κ3) is 2.87. The fraction of sp³-hybridized carbons (Fsp3) is 0.733. The molecule has 0 saturated carbocycles. The van der Waals surface area contributed by atoms with E-state index in [9.17, 15) is 0 Å². The second-order valence-corrected chi connectivity index (χ2v) is 6.22. The summed E-state index contributed by atoms with van der Waals surface area (Å²) in [5.41, 5.74) is 0. The summed E-state index contributed by atoms with van der Waals surface area (Å²) in [6.07, 6.45) is 3.62. The molecule has 3 heterocycles. The van der Waals surface area contributed by atoms with E-state index in [4.69, 9.17) is 9.72 Å². The maximum absolute atomic E-state index is 5.79. The minimum absolute atomic E-state index is 0.254. The van der Waals surface area contributed by atoms with Crippen molar-refractivity contribution in [2.75, 3.05) is 36.0 Å². The van der Waals surface area contributed by atoms with E-state index in [1.54, 1.807) is 0 Å². The van der Waals surface area contributed by atoms with Gasteiger partial charge in [-0.05, 0) is 32.3 Å². The van der Waals surface area contributed by atoms with Gasteiger partial charge in [-0.3, -0.25) is 0 Å². The Balaban J connectivity index is 1.77. The Bertz CT molecular complexity index is 457. The maximum Gasteiger partial charge on any atom is 0.227 e. The van der Waals surface area contributed by atoms with Gasteiger partial charge in [0, 0.05) is 32.4 Å². The molecule has 2 saturated heterocycles. The minimum Gasteiger partial charge on any atom is -0.372 e. The Morgan fingerprint density at radius 1 is 1.10 bits per heavy atom. The summed E-state index contributed by atoms with van der Waals surface area (Å²) in [5.74, 6) is 2.64. The Kier molecular flexibility index (Phi) is 3.78. The number of anilines is 2. The van der Waals surface area contributed by atoms with E-state index in [0.29, 0.717) is 0 Å². The molecule has 0 aromatic carbocycles. The van der Waals surface area contributed by atoms with Gasteiger partial charge in [0.1, 0.15) is 5.82 Å². The van der Waals surface area contributed by atoms with E-state index in [2.05, 4.69) is 35.6 Å². The summed E-state index contributed by atoms with van der Waals surface area (Å²) < 4.78 is 5.79. The van der Waals surface area contributed by atoms with Crippen LogP contribution in [-0.4, -0.2) is 48.4 Å². The second-order valence-electron chi connectivity index (χ2n) is 6.22. The molecule has 1 aromatic heterocycles. The Morgan fingerprint density at radius 3 is 2.50 bits per heavy atom. The first-order valence-corrected chi connectivity index (χ1v) is 7.60. The molecule has 1 unspecified atom stereocenters. The van der Waals surface area contributed by atoms with Crippen LogP contribution >= 0.6 is 0 Å². The van der Waals surface area contributed by atoms with Gasteiger partial charge < -0.3 is 14.5 Å². The summed E-state index contributed by atoms with van der Waals surface area (Å²) >= 11 is 0. The zero-order valence-electron chi connectivity index (χ0n) is 12.6. The first-order chi connectivity index (χ1) is 9.61. The highest BCUT2D eigenvalue weighted by atomic mass is 16.5. The van der Waals surface area contributed by atoms with Gasteiger partial charge in [0.2, 0.25) is 5.95 Å². The second kappa shape index (κ2) is 5.56. The van der Waals surface area contributed by atoms with E-state index < -0.39 is 0 Å². The van der Waals surface area contributed by atoms with Crippen LogP contribution < -0.4 is 9.80 Å².